The molecule has 8 heteroatoms. The predicted octanol–water partition coefficient (Wildman–Crippen LogP) is 4.45. The van der Waals surface area contributed by atoms with Crippen LogP contribution in [-0.2, 0) is 19.4 Å². The van der Waals surface area contributed by atoms with E-state index < -0.39 is 9.84 Å². The lowest BCUT2D eigenvalue weighted by atomic mass is 10.2. The fourth-order valence-corrected chi connectivity index (χ4v) is 3.08. The van der Waals surface area contributed by atoms with Gasteiger partial charge in [-0.2, -0.15) is 10.2 Å². The molecular formula is C21H25N3O4S. The number of esters is 1. The van der Waals surface area contributed by atoms with Gasteiger partial charge in [0.15, 0.2) is 9.84 Å². The Bertz CT molecular complexity index is 982. The third kappa shape index (κ3) is 6.83. The molecule has 0 unspecified atom stereocenters. The number of rotatable bonds is 9. The molecule has 7 nitrogen and oxygen atoms in total. The van der Waals surface area contributed by atoms with E-state index in [0.717, 1.165) is 18.5 Å². The second-order valence-electron chi connectivity index (χ2n) is 6.48. The molecule has 0 bridgehead atoms. The molecule has 0 aliphatic rings. The summed E-state index contributed by atoms with van der Waals surface area (Å²) < 4.78 is 28.1. The Kier molecular flexibility index (Phi) is 7.67. The van der Waals surface area contributed by atoms with Crippen LogP contribution in [-0.4, -0.2) is 40.3 Å². The van der Waals surface area contributed by atoms with E-state index in [0.29, 0.717) is 23.5 Å². The van der Waals surface area contributed by atoms with Crippen molar-refractivity contribution in [1.82, 2.24) is 0 Å². The molecule has 0 aliphatic heterocycles. The van der Waals surface area contributed by atoms with Gasteiger partial charge in [-0.05, 0) is 62.4 Å². The number of hydrogen-bond acceptors (Lipinski definition) is 7. The van der Waals surface area contributed by atoms with Gasteiger partial charge in [-0.3, -0.25) is 0 Å². The predicted molar refractivity (Wildman–Crippen MR) is 114 cm³/mol. The average molecular weight is 416 g/mol. The highest BCUT2D eigenvalue weighted by Crippen LogP contribution is 2.23. The Balaban J connectivity index is 1.98. The van der Waals surface area contributed by atoms with E-state index in [1.807, 2.05) is 31.2 Å². The van der Waals surface area contributed by atoms with Crippen LogP contribution >= 0.6 is 0 Å². The molecule has 0 spiro atoms. The zero-order valence-corrected chi connectivity index (χ0v) is 17.6. The van der Waals surface area contributed by atoms with Crippen molar-refractivity contribution in [2.75, 3.05) is 30.9 Å². The zero-order valence-electron chi connectivity index (χ0n) is 16.8. The molecule has 2 aromatic rings. The van der Waals surface area contributed by atoms with E-state index in [9.17, 15) is 13.2 Å². The molecule has 29 heavy (non-hydrogen) atoms. The first kappa shape index (κ1) is 22.3. The van der Waals surface area contributed by atoms with Crippen LogP contribution in [0, 0.1) is 0 Å². The average Bonchev–Trinajstić information content (AvgIpc) is 2.69. The molecule has 0 amide bonds. The van der Waals surface area contributed by atoms with Gasteiger partial charge in [0.25, 0.3) is 0 Å². The maximum Gasteiger partial charge on any atom is 0.333 e. The summed E-state index contributed by atoms with van der Waals surface area (Å²) in [6.45, 7) is 8.82. The molecule has 2 rings (SSSR count). The fraction of sp³-hybridized carbons (Fsp3) is 0.286. The summed E-state index contributed by atoms with van der Waals surface area (Å²) in [6.07, 6.45) is 1.16. The van der Waals surface area contributed by atoms with Crippen molar-refractivity contribution in [3.8, 4) is 0 Å². The minimum atomic E-state index is -3.23. The number of likely N-dealkylation sites (N-methyl/N-ethyl adjacent to an activating group) is 1. The highest BCUT2D eigenvalue weighted by Gasteiger charge is 2.08. The molecule has 2 aromatic carbocycles. The number of sulfone groups is 1. The van der Waals surface area contributed by atoms with Gasteiger partial charge < -0.3 is 9.64 Å². The summed E-state index contributed by atoms with van der Waals surface area (Å²) in [5.74, 6) is -0.388. The SMILES string of the molecule is C=C(C)C(=O)OCCN(CC)c1ccc(N=Nc2ccc(S(C)(=O)=O)cc2)cc1. The van der Waals surface area contributed by atoms with E-state index in [4.69, 9.17) is 4.74 Å². The molecule has 154 valence electrons. The van der Waals surface area contributed by atoms with Crippen molar-refractivity contribution in [2.45, 2.75) is 18.7 Å². The number of nitrogens with zero attached hydrogens (tertiary/aromatic N) is 3. The molecule has 0 aromatic heterocycles. The van der Waals surface area contributed by atoms with Crippen LogP contribution in [0.1, 0.15) is 13.8 Å². The monoisotopic (exact) mass is 415 g/mol. The smallest absolute Gasteiger partial charge is 0.333 e. The Morgan fingerprint density at radius 3 is 2.00 bits per heavy atom. The third-order valence-electron chi connectivity index (χ3n) is 4.09. The first-order chi connectivity index (χ1) is 13.7. The lowest BCUT2D eigenvalue weighted by molar-refractivity contribution is -0.138. The number of anilines is 1. The maximum absolute atomic E-state index is 11.5. The van der Waals surface area contributed by atoms with E-state index in [2.05, 4.69) is 21.7 Å². The Hall–Kier alpha value is -3.00. The molecule has 0 heterocycles. The van der Waals surface area contributed by atoms with E-state index in [1.165, 1.54) is 12.1 Å². The van der Waals surface area contributed by atoms with Gasteiger partial charge in [0.1, 0.15) is 6.61 Å². The molecular weight excluding hydrogens is 390 g/mol. The first-order valence-corrected chi connectivity index (χ1v) is 11.0. The minimum Gasteiger partial charge on any atom is -0.460 e. The normalized spacial score (nSPS) is 11.4. The Morgan fingerprint density at radius 1 is 1.03 bits per heavy atom. The van der Waals surface area contributed by atoms with Crippen LogP contribution in [0.25, 0.3) is 0 Å². The van der Waals surface area contributed by atoms with Gasteiger partial charge in [-0.1, -0.05) is 6.58 Å². The zero-order chi connectivity index (χ0) is 21.4. The van der Waals surface area contributed by atoms with Crippen LogP contribution in [0.4, 0.5) is 17.1 Å². The van der Waals surface area contributed by atoms with Crippen molar-refractivity contribution >= 4 is 32.9 Å². The molecule has 0 aliphatic carbocycles. The van der Waals surface area contributed by atoms with Gasteiger partial charge in [0.05, 0.1) is 22.8 Å². The van der Waals surface area contributed by atoms with Crippen LogP contribution in [0.2, 0.25) is 0 Å². The minimum absolute atomic E-state index is 0.245. The largest absolute Gasteiger partial charge is 0.460 e. The van der Waals surface area contributed by atoms with Crippen molar-refractivity contribution in [1.29, 1.82) is 0 Å². The van der Waals surface area contributed by atoms with Gasteiger partial charge >= 0.3 is 5.97 Å². The highest BCUT2D eigenvalue weighted by atomic mass is 32.2. The summed E-state index contributed by atoms with van der Waals surface area (Å²) >= 11 is 0. The molecule has 0 radical (unpaired) electrons. The van der Waals surface area contributed by atoms with E-state index in [-0.39, 0.29) is 17.5 Å². The number of azo groups is 1. The molecule has 0 N–H and O–H groups in total. The lowest BCUT2D eigenvalue weighted by Gasteiger charge is -2.22. The van der Waals surface area contributed by atoms with Gasteiger partial charge in [0.2, 0.25) is 0 Å². The Morgan fingerprint density at radius 2 is 1.55 bits per heavy atom. The molecule has 0 saturated heterocycles. The third-order valence-corrected chi connectivity index (χ3v) is 5.21. The Labute approximate surface area is 171 Å². The highest BCUT2D eigenvalue weighted by molar-refractivity contribution is 7.90. The fourth-order valence-electron chi connectivity index (χ4n) is 2.45. The lowest BCUT2D eigenvalue weighted by Crippen LogP contribution is -2.28. The summed E-state index contributed by atoms with van der Waals surface area (Å²) in [4.78, 5) is 13.8. The summed E-state index contributed by atoms with van der Waals surface area (Å²) in [7, 11) is -3.23. The number of benzene rings is 2. The van der Waals surface area contributed by atoms with Crippen molar-refractivity contribution in [3.63, 3.8) is 0 Å². The maximum atomic E-state index is 11.5. The second kappa shape index (κ2) is 9.97. The first-order valence-electron chi connectivity index (χ1n) is 9.10. The van der Waals surface area contributed by atoms with Crippen LogP contribution in [0.15, 0.2) is 75.8 Å². The van der Waals surface area contributed by atoms with Crippen LogP contribution < -0.4 is 4.90 Å². The number of ether oxygens (including phenoxy) is 1. The second-order valence-corrected chi connectivity index (χ2v) is 8.49. The van der Waals surface area contributed by atoms with Crippen LogP contribution in [0.5, 0.6) is 0 Å². The molecule has 0 atom stereocenters. The number of carbonyl (C=O) groups is 1. The van der Waals surface area contributed by atoms with E-state index in [1.54, 1.807) is 19.1 Å². The quantitative estimate of drug-likeness (QED) is 0.343. The molecule has 0 fully saturated rings. The van der Waals surface area contributed by atoms with E-state index >= 15 is 0 Å². The summed E-state index contributed by atoms with van der Waals surface area (Å²) in [5, 5.41) is 8.31. The van der Waals surface area contributed by atoms with Gasteiger partial charge in [-0.25, -0.2) is 13.2 Å². The van der Waals surface area contributed by atoms with Crippen molar-refractivity contribution in [2.24, 2.45) is 10.2 Å². The summed E-state index contributed by atoms with van der Waals surface area (Å²) in [6, 6.07) is 13.8. The number of carbonyl (C=O) groups excluding carboxylic acids is 1. The van der Waals surface area contributed by atoms with Gasteiger partial charge in [0, 0.05) is 24.1 Å². The van der Waals surface area contributed by atoms with Crippen LogP contribution in [0.3, 0.4) is 0 Å². The standard InChI is InChI=1S/C21H25N3O4S/c1-5-24(14-15-28-21(25)16(2)3)19-10-6-17(7-11-19)22-23-18-8-12-20(13-9-18)29(4,26)27/h6-13H,2,5,14-15H2,1,3-4H3. The van der Waals surface area contributed by atoms with Crippen molar-refractivity contribution in [3.05, 3.63) is 60.7 Å². The summed E-state index contributed by atoms with van der Waals surface area (Å²) in [5.41, 5.74) is 2.60. The molecule has 0 saturated carbocycles. The number of hydrogen-bond donors (Lipinski definition) is 0. The topological polar surface area (TPSA) is 88.4 Å². The van der Waals surface area contributed by atoms with Gasteiger partial charge in [-0.15, -0.1) is 0 Å². The van der Waals surface area contributed by atoms with Crippen molar-refractivity contribution < 1.29 is 17.9 Å².